The van der Waals surface area contributed by atoms with Crippen LogP contribution in [0.3, 0.4) is 0 Å². The summed E-state index contributed by atoms with van der Waals surface area (Å²) in [5.74, 6) is -0.220. The molecule has 0 aliphatic carbocycles. The molecule has 0 fully saturated rings. The topological polar surface area (TPSA) is 73.9 Å². The first-order valence-electron chi connectivity index (χ1n) is 8.25. The first-order chi connectivity index (χ1) is 12.6. The fourth-order valence-corrected chi connectivity index (χ4v) is 3.41. The SMILES string of the molecule is O=C1CC(C(=O)OCc2cc(Cl)c3c(c2)OCCO3)c2ccccc2N1. The molecule has 1 unspecified atom stereocenters. The van der Waals surface area contributed by atoms with Gasteiger partial charge in [-0.25, -0.2) is 0 Å². The van der Waals surface area contributed by atoms with Gasteiger partial charge in [0.15, 0.2) is 11.5 Å². The Morgan fingerprint density at radius 2 is 2.04 bits per heavy atom. The third-order valence-electron chi connectivity index (χ3n) is 4.32. The van der Waals surface area contributed by atoms with E-state index in [9.17, 15) is 9.59 Å². The number of ether oxygens (including phenoxy) is 3. The molecule has 0 saturated heterocycles. The van der Waals surface area contributed by atoms with Gasteiger partial charge >= 0.3 is 5.97 Å². The number of halogens is 1. The maximum absolute atomic E-state index is 12.6. The van der Waals surface area contributed by atoms with Crippen LogP contribution >= 0.6 is 11.6 Å². The molecule has 2 aromatic carbocycles. The highest BCUT2D eigenvalue weighted by Crippen LogP contribution is 2.39. The van der Waals surface area contributed by atoms with Crippen LogP contribution in [0, 0.1) is 0 Å². The summed E-state index contributed by atoms with van der Waals surface area (Å²) in [4.78, 5) is 24.4. The van der Waals surface area contributed by atoms with E-state index in [0.29, 0.717) is 41.0 Å². The number of esters is 1. The predicted octanol–water partition coefficient (Wildman–Crippen LogP) is 3.28. The zero-order valence-corrected chi connectivity index (χ0v) is 14.5. The number of fused-ring (bicyclic) bond motifs is 2. The van der Waals surface area contributed by atoms with Crippen LogP contribution in [-0.2, 0) is 20.9 Å². The standard InChI is InChI=1S/C19H16ClNO5/c20-14-7-11(8-16-18(14)25-6-5-24-16)10-26-19(23)13-9-17(22)21-15-4-2-1-3-12(13)15/h1-4,7-8,13H,5-6,9-10H2,(H,21,22). The number of nitrogens with one attached hydrogen (secondary N) is 1. The van der Waals surface area contributed by atoms with E-state index in [0.717, 1.165) is 5.56 Å². The molecule has 0 bridgehead atoms. The van der Waals surface area contributed by atoms with Crippen molar-refractivity contribution in [2.24, 2.45) is 0 Å². The number of hydrogen-bond donors (Lipinski definition) is 1. The molecule has 1 atom stereocenters. The first-order valence-corrected chi connectivity index (χ1v) is 8.63. The number of anilines is 1. The van der Waals surface area contributed by atoms with Gasteiger partial charge in [-0.1, -0.05) is 29.8 Å². The molecular weight excluding hydrogens is 358 g/mol. The third kappa shape index (κ3) is 3.20. The summed E-state index contributed by atoms with van der Waals surface area (Å²) in [6, 6.07) is 10.7. The van der Waals surface area contributed by atoms with Gasteiger partial charge in [0.25, 0.3) is 0 Å². The molecule has 7 heteroatoms. The second kappa shape index (κ2) is 6.88. The average Bonchev–Trinajstić information content (AvgIpc) is 2.65. The van der Waals surface area contributed by atoms with Gasteiger partial charge in [0, 0.05) is 12.1 Å². The minimum absolute atomic E-state index is 0.0372. The summed E-state index contributed by atoms with van der Waals surface area (Å²) in [6.45, 7) is 0.931. The van der Waals surface area contributed by atoms with Crippen LogP contribution in [0.2, 0.25) is 5.02 Å². The highest BCUT2D eigenvalue weighted by Gasteiger charge is 2.31. The monoisotopic (exact) mass is 373 g/mol. The maximum atomic E-state index is 12.6. The summed E-state index contributed by atoms with van der Waals surface area (Å²) >= 11 is 6.20. The van der Waals surface area contributed by atoms with Crippen molar-refractivity contribution in [3.63, 3.8) is 0 Å². The molecule has 26 heavy (non-hydrogen) atoms. The normalized spacial score (nSPS) is 17.9. The van der Waals surface area contributed by atoms with E-state index in [1.807, 2.05) is 18.2 Å². The number of para-hydroxylation sites is 1. The van der Waals surface area contributed by atoms with Crippen LogP contribution in [-0.4, -0.2) is 25.1 Å². The minimum Gasteiger partial charge on any atom is -0.486 e. The molecule has 1 amide bonds. The molecule has 0 spiro atoms. The van der Waals surface area contributed by atoms with E-state index in [2.05, 4.69) is 5.32 Å². The number of carbonyl (C=O) groups excluding carboxylic acids is 2. The summed E-state index contributed by atoms with van der Waals surface area (Å²) in [5.41, 5.74) is 2.10. The van der Waals surface area contributed by atoms with Crippen molar-refractivity contribution in [1.29, 1.82) is 0 Å². The Bertz CT molecular complexity index is 882. The number of hydrogen-bond acceptors (Lipinski definition) is 5. The van der Waals surface area contributed by atoms with Gasteiger partial charge in [-0.05, 0) is 29.3 Å². The largest absolute Gasteiger partial charge is 0.486 e. The number of amides is 1. The van der Waals surface area contributed by atoms with Crippen LogP contribution < -0.4 is 14.8 Å². The van der Waals surface area contributed by atoms with E-state index in [4.69, 9.17) is 25.8 Å². The molecule has 4 rings (SSSR count). The van der Waals surface area contributed by atoms with E-state index >= 15 is 0 Å². The van der Waals surface area contributed by atoms with Crippen molar-refractivity contribution >= 4 is 29.2 Å². The Labute approximate surface area is 155 Å². The molecule has 134 valence electrons. The Balaban J connectivity index is 1.50. The van der Waals surface area contributed by atoms with Crippen molar-refractivity contribution < 1.29 is 23.8 Å². The lowest BCUT2D eigenvalue weighted by Crippen LogP contribution is -2.28. The van der Waals surface area contributed by atoms with E-state index < -0.39 is 11.9 Å². The molecule has 2 aliphatic heterocycles. The van der Waals surface area contributed by atoms with Crippen molar-refractivity contribution in [2.45, 2.75) is 18.9 Å². The van der Waals surface area contributed by atoms with Crippen molar-refractivity contribution in [3.05, 3.63) is 52.5 Å². The zero-order chi connectivity index (χ0) is 18.1. The lowest BCUT2D eigenvalue weighted by molar-refractivity contribution is -0.148. The van der Waals surface area contributed by atoms with Gasteiger partial charge in [0.1, 0.15) is 19.8 Å². The molecule has 6 nitrogen and oxygen atoms in total. The average molecular weight is 374 g/mol. The van der Waals surface area contributed by atoms with Crippen LogP contribution in [0.5, 0.6) is 11.5 Å². The van der Waals surface area contributed by atoms with Crippen LogP contribution in [0.15, 0.2) is 36.4 Å². The van der Waals surface area contributed by atoms with Crippen molar-refractivity contribution in [1.82, 2.24) is 0 Å². The smallest absolute Gasteiger partial charge is 0.314 e. The first kappa shape index (κ1) is 16.7. The molecule has 2 aliphatic rings. The highest BCUT2D eigenvalue weighted by atomic mass is 35.5. The second-order valence-corrected chi connectivity index (χ2v) is 6.51. The quantitative estimate of drug-likeness (QED) is 0.836. The van der Waals surface area contributed by atoms with Crippen LogP contribution in [0.4, 0.5) is 5.69 Å². The second-order valence-electron chi connectivity index (χ2n) is 6.10. The maximum Gasteiger partial charge on any atom is 0.314 e. The molecule has 1 N–H and O–H groups in total. The van der Waals surface area contributed by atoms with Gasteiger partial charge in [0.2, 0.25) is 5.91 Å². The lowest BCUT2D eigenvalue weighted by Gasteiger charge is -2.24. The fraction of sp³-hybridized carbons (Fsp3) is 0.263. The zero-order valence-electron chi connectivity index (χ0n) is 13.8. The molecule has 0 radical (unpaired) electrons. The summed E-state index contributed by atoms with van der Waals surface area (Å²) in [5, 5.41) is 3.18. The van der Waals surface area contributed by atoms with Gasteiger partial charge < -0.3 is 19.5 Å². The Kier molecular flexibility index (Phi) is 4.42. The summed E-state index contributed by atoms with van der Waals surface area (Å²) in [7, 11) is 0. The number of benzene rings is 2. The molecule has 0 aromatic heterocycles. The highest BCUT2D eigenvalue weighted by molar-refractivity contribution is 6.32. The van der Waals surface area contributed by atoms with E-state index in [1.165, 1.54) is 0 Å². The molecule has 2 aromatic rings. The summed E-state index contributed by atoms with van der Waals surface area (Å²) in [6.07, 6.45) is 0.0672. The lowest BCUT2D eigenvalue weighted by atomic mass is 9.91. The van der Waals surface area contributed by atoms with Crippen molar-refractivity contribution in [2.75, 3.05) is 18.5 Å². The molecular formula is C19H16ClNO5. The number of rotatable bonds is 3. The van der Waals surface area contributed by atoms with Crippen LogP contribution in [0.1, 0.15) is 23.5 Å². The van der Waals surface area contributed by atoms with Gasteiger partial charge in [0.05, 0.1) is 10.9 Å². The third-order valence-corrected chi connectivity index (χ3v) is 4.60. The van der Waals surface area contributed by atoms with Crippen molar-refractivity contribution in [3.8, 4) is 11.5 Å². The Hall–Kier alpha value is -2.73. The van der Waals surface area contributed by atoms with E-state index in [-0.39, 0.29) is 18.9 Å². The van der Waals surface area contributed by atoms with Gasteiger partial charge in [-0.3, -0.25) is 9.59 Å². The summed E-state index contributed by atoms with van der Waals surface area (Å²) < 4.78 is 16.4. The predicted molar refractivity (Wildman–Crippen MR) is 94.7 cm³/mol. The Morgan fingerprint density at radius 1 is 1.23 bits per heavy atom. The fourth-order valence-electron chi connectivity index (χ4n) is 3.12. The minimum atomic E-state index is -0.618. The Morgan fingerprint density at radius 3 is 2.92 bits per heavy atom. The van der Waals surface area contributed by atoms with E-state index in [1.54, 1.807) is 18.2 Å². The van der Waals surface area contributed by atoms with Gasteiger partial charge in [-0.15, -0.1) is 0 Å². The van der Waals surface area contributed by atoms with Crippen LogP contribution in [0.25, 0.3) is 0 Å². The molecule has 0 saturated carbocycles. The number of carbonyl (C=O) groups is 2. The van der Waals surface area contributed by atoms with Gasteiger partial charge in [-0.2, -0.15) is 0 Å². The molecule has 2 heterocycles.